The molecule has 2 aromatic carbocycles. The number of anilines is 2. The van der Waals surface area contributed by atoms with Gasteiger partial charge in [-0.3, -0.25) is 9.59 Å². The lowest BCUT2D eigenvalue weighted by molar-refractivity contribution is -0.131. The van der Waals surface area contributed by atoms with E-state index in [1.165, 1.54) is 0 Å². The first-order chi connectivity index (χ1) is 12.8. The molecule has 2 aromatic rings. The zero-order chi connectivity index (χ0) is 19.6. The van der Waals surface area contributed by atoms with Gasteiger partial charge in [0.15, 0.2) is 0 Å². The van der Waals surface area contributed by atoms with Crippen molar-refractivity contribution in [3.63, 3.8) is 0 Å². The number of aryl methyl sites for hydroxylation is 1. The van der Waals surface area contributed by atoms with Crippen LogP contribution in [-0.4, -0.2) is 17.9 Å². The maximum absolute atomic E-state index is 12.9. The topological polar surface area (TPSA) is 67.4 Å². The summed E-state index contributed by atoms with van der Waals surface area (Å²) in [4.78, 5) is 25.7. The molecule has 6 heteroatoms. The Kier molecular flexibility index (Phi) is 5.42. The van der Waals surface area contributed by atoms with Crippen molar-refractivity contribution in [3.8, 4) is 5.75 Å². The SMILES string of the molecule is Cc1ccc(Cl)cc1NC(=O)C1(C(=O)Nc2ccccc2OC(C)C)CC1. The number of amides is 2. The first-order valence-corrected chi connectivity index (χ1v) is 9.34. The Morgan fingerprint density at radius 1 is 1.04 bits per heavy atom. The van der Waals surface area contributed by atoms with Crippen LogP contribution in [0, 0.1) is 12.3 Å². The average Bonchev–Trinajstić information content (AvgIpc) is 3.41. The number of hydrogen-bond acceptors (Lipinski definition) is 3. The Labute approximate surface area is 164 Å². The Morgan fingerprint density at radius 2 is 1.67 bits per heavy atom. The predicted octanol–water partition coefficient (Wildman–Crippen LogP) is 4.79. The summed E-state index contributed by atoms with van der Waals surface area (Å²) in [7, 11) is 0. The number of benzene rings is 2. The molecule has 0 aromatic heterocycles. The lowest BCUT2D eigenvalue weighted by Crippen LogP contribution is -2.36. The van der Waals surface area contributed by atoms with Gasteiger partial charge in [0.25, 0.3) is 0 Å². The Bertz CT molecular complexity index is 875. The second-order valence-electron chi connectivity index (χ2n) is 7.11. The minimum absolute atomic E-state index is 0.0213. The second-order valence-corrected chi connectivity index (χ2v) is 7.55. The lowest BCUT2D eigenvalue weighted by Gasteiger charge is -2.19. The van der Waals surface area contributed by atoms with Gasteiger partial charge in [-0.2, -0.15) is 0 Å². The van der Waals surface area contributed by atoms with Gasteiger partial charge in [0.2, 0.25) is 11.8 Å². The molecule has 1 aliphatic carbocycles. The number of halogens is 1. The molecule has 1 saturated carbocycles. The van der Waals surface area contributed by atoms with Crippen LogP contribution in [0.5, 0.6) is 5.75 Å². The summed E-state index contributed by atoms with van der Waals surface area (Å²) in [5.74, 6) is -0.0464. The molecule has 0 radical (unpaired) electrons. The van der Waals surface area contributed by atoms with E-state index in [1.807, 2.05) is 39.0 Å². The number of ether oxygens (including phenoxy) is 1. The summed E-state index contributed by atoms with van der Waals surface area (Å²) in [6.45, 7) is 5.72. The number of nitrogens with one attached hydrogen (secondary N) is 2. The van der Waals surface area contributed by atoms with E-state index >= 15 is 0 Å². The van der Waals surface area contributed by atoms with Crippen molar-refractivity contribution in [2.45, 2.75) is 39.7 Å². The molecular formula is C21H23ClN2O3. The molecule has 2 N–H and O–H groups in total. The second kappa shape index (κ2) is 7.61. The van der Waals surface area contributed by atoms with Gasteiger partial charge < -0.3 is 15.4 Å². The van der Waals surface area contributed by atoms with Crippen molar-refractivity contribution in [1.29, 1.82) is 0 Å². The number of carbonyl (C=O) groups excluding carboxylic acids is 2. The largest absolute Gasteiger partial charge is 0.489 e. The molecule has 0 saturated heterocycles. The minimum Gasteiger partial charge on any atom is -0.489 e. The van der Waals surface area contributed by atoms with Crippen molar-refractivity contribution in [2.24, 2.45) is 5.41 Å². The molecule has 5 nitrogen and oxygen atoms in total. The zero-order valence-corrected chi connectivity index (χ0v) is 16.4. The highest BCUT2D eigenvalue weighted by Crippen LogP contribution is 2.48. The number of hydrogen-bond donors (Lipinski definition) is 2. The maximum atomic E-state index is 12.9. The molecule has 0 spiro atoms. The highest BCUT2D eigenvalue weighted by molar-refractivity contribution is 6.31. The quantitative estimate of drug-likeness (QED) is 0.701. The average molecular weight is 387 g/mol. The maximum Gasteiger partial charge on any atom is 0.240 e. The molecule has 1 aliphatic rings. The van der Waals surface area contributed by atoms with Gasteiger partial charge in [0, 0.05) is 10.7 Å². The van der Waals surface area contributed by atoms with E-state index in [9.17, 15) is 9.59 Å². The lowest BCUT2D eigenvalue weighted by atomic mass is 10.0. The van der Waals surface area contributed by atoms with Gasteiger partial charge in [-0.25, -0.2) is 0 Å². The van der Waals surface area contributed by atoms with Crippen LogP contribution in [0.15, 0.2) is 42.5 Å². The van der Waals surface area contributed by atoms with Crippen LogP contribution in [0.1, 0.15) is 32.3 Å². The molecule has 0 aliphatic heterocycles. The van der Waals surface area contributed by atoms with E-state index in [-0.39, 0.29) is 17.9 Å². The standard InChI is InChI=1S/C21H23ClN2O3/c1-13(2)27-18-7-5-4-6-16(18)23-19(25)21(10-11-21)20(26)24-17-12-15(22)9-8-14(17)3/h4-9,12-13H,10-11H2,1-3H3,(H,23,25)(H,24,26). The van der Waals surface area contributed by atoms with Gasteiger partial charge in [-0.15, -0.1) is 0 Å². The molecule has 0 atom stereocenters. The fourth-order valence-corrected chi connectivity index (χ4v) is 2.99. The Hall–Kier alpha value is -2.53. The van der Waals surface area contributed by atoms with Gasteiger partial charge >= 0.3 is 0 Å². The molecule has 3 rings (SSSR count). The van der Waals surface area contributed by atoms with Gasteiger partial charge in [0.1, 0.15) is 11.2 Å². The monoisotopic (exact) mass is 386 g/mol. The van der Waals surface area contributed by atoms with E-state index < -0.39 is 5.41 Å². The van der Waals surface area contributed by atoms with Crippen molar-refractivity contribution in [2.75, 3.05) is 10.6 Å². The highest BCUT2D eigenvalue weighted by Gasteiger charge is 2.56. The van der Waals surface area contributed by atoms with Crippen molar-refractivity contribution in [1.82, 2.24) is 0 Å². The predicted molar refractivity (Wildman–Crippen MR) is 107 cm³/mol. The van der Waals surface area contributed by atoms with Crippen LogP contribution in [0.25, 0.3) is 0 Å². The molecule has 142 valence electrons. The summed E-state index contributed by atoms with van der Waals surface area (Å²) < 4.78 is 5.73. The van der Waals surface area contributed by atoms with Crippen LogP contribution < -0.4 is 15.4 Å². The fourth-order valence-electron chi connectivity index (χ4n) is 2.82. The highest BCUT2D eigenvalue weighted by atomic mass is 35.5. The molecule has 0 bridgehead atoms. The van der Waals surface area contributed by atoms with E-state index in [2.05, 4.69) is 10.6 Å². The van der Waals surface area contributed by atoms with Gasteiger partial charge in [0.05, 0.1) is 11.8 Å². The third-order valence-corrected chi connectivity index (χ3v) is 4.80. The normalized spacial score (nSPS) is 14.6. The minimum atomic E-state index is -1.06. The number of rotatable bonds is 6. The molecule has 0 heterocycles. The van der Waals surface area contributed by atoms with E-state index in [4.69, 9.17) is 16.3 Å². The van der Waals surface area contributed by atoms with Crippen LogP contribution in [0.2, 0.25) is 5.02 Å². The summed E-state index contributed by atoms with van der Waals surface area (Å²) >= 11 is 6.01. The van der Waals surface area contributed by atoms with E-state index in [1.54, 1.807) is 24.3 Å². The Morgan fingerprint density at radius 3 is 2.30 bits per heavy atom. The number of para-hydroxylation sites is 2. The summed E-state index contributed by atoms with van der Waals surface area (Å²) in [5.41, 5.74) is 1.02. The molecular weight excluding hydrogens is 364 g/mol. The third kappa shape index (κ3) is 4.25. The van der Waals surface area contributed by atoms with Crippen LogP contribution in [-0.2, 0) is 9.59 Å². The number of carbonyl (C=O) groups is 2. The summed E-state index contributed by atoms with van der Waals surface area (Å²) in [5, 5.41) is 6.24. The van der Waals surface area contributed by atoms with Gasteiger partial charge in [-0.1, -0.05) is 29.8 Å². The van der Waals surface area contributed by atoms with E-state index in [0.717, 1.165) is 5.56 Å². The van der Waals surface area contributed by atoms with Crippen molar-refractivity contribution in [3.05, 3.63) is 53.1 Å². The van der Waals surface area contributed by atoms with E-state index in [0.29, 0.717) is 35.0 Å². The molecule has 27 heavy (non-hydrogen) atoms. The van der Waals surface area contributed by atoms with Crippen LogP contribution >= 0.6 is 11.6 Å². The van der Waals surface area contributed by atoms with Crippen LogP contribution in [0.4, 0.5) is 11.4 Å². The molecule has 2 amide bonds. The van der Waals surface area contributed by atoms with Gasteiger partial charge in [-0.05, 0) is 63.4 Å². The van der Waals surface area contributed by atoms with Crippen molar-refractivity contribution >= 4 is 34.8 Å². The zero-order valence-electron chi connectivity index (χ0n) is 15.6. The first-order valence-electron chi connectivity index (χ1n) is 8.96. The summed E-state index contributed by atoms with van der Waals surface area (Å²) in [6.07, 6.45) is 1.00. The molecule has 0 unspecified atom stereocenters. The van der Waals surface area contributed by atoms with Crippen LogP contribution in [0.3, 0.4) is 0 Å². The fraction of sp³-hybridized carbons (Fsp3) is 0.333. The first kappa shape index (κ1) is 19.2. The Balaban J connectivity index is 1.75. The summed E-state index contributed by atoms with van der Waals surface area (Å²) in [6, 6.07) is 12.5. The smallest absolute Gasteiger partial charge is 0.240 e. The molecule has 1 fully saturated rings. The van der Waals surface area contributed by atoms with Crippen molar-refractivity contribution < 1.29 is 14.3 Å². The third-order valence-electron chi connectivity index (χ3n) is 4.57.